The van der Waals surface area contributed by atoms with Crippen LogP contribution >= 0.6 is 0 Å². The summed E-state index contributed by atoms with van der Waals surface area (Å²) in [6.07, 6.45) is 6.37. The van der Waals surface area contributed by atoms with Gasteiger partial charge in [-0.1, -0.05) is 12.8 Å². The Morgan fingerprint density at radius 1 is 1.41 bits per heavy atom. The molecule has 0 unspecified atom stereocenters. The Bertz CT molecular complexity index is 413. The fourth-order valence-electron chi connectivity index (χ4n) is 2.13. The molecular formula is C12H18N4O. The van der Waals surface area contributed by atoms with Crippen molar-refractivity contribution >= 4 is 17.5 Å². The minimum Gasteiger partial charge on any atom is -0.367 e. The fraction of sp³-hybridized carbons (Fsp3) is 0.583. The van der Waals surface area contributed by atoms with Gasteiger partial charge in [-0.15, -0.1) is 0 Å². The summed E-state index contributed by atoms with van der Waals surface area (Å²) in [5, 5.41) is 6.24. The van der Waals surface area contributed by atoms with E-state index >= 15 is 0 Å². The van der Waals surface area contributed by atoms with Crippen LogP contribution in [0.5, 0.6) is 0 Å². The van der Waals surface area contributed by atoms with Crippen molar-refractivity contribution in [2.45, 2.75) is 38.6 Å². The van der Waals surface area contributed by atoms with Crippen molar-refractivity contribution < 1.29 is 4.79 Å². The van der Waals surface area contributed by atoms with Gasteiger partial charge in [-0.3, -0.25) is 4.79 Å². The third kappa shape index (κ3) is 2.72. The number of nitrogens with one attached hydrogen (secondary N) is 2. The highest BCUT2D eigenvalue weighted by atomic mass is 16.1. The lowest BCUT2D eigenvalue weighted by Crippen LogP contribution is -2.18. The predicted molar refractivity (Wildman–Crippen MR) is 67.5 cm³/mol. The van der Waals surface area contributed by atoms with Gasteiger partial charge >= 0.3 is 0 Å². The van der Waals surface area contributed by atoms with Crippen molar-refractivity contribution in [3.8, 4) is 0 Å². The molecule has 0 bridgehead atoms. The van der Waals surface area contributed by atoms with E-state index in [1.807, 2.05) is 0 Å². The van der Waals surface area contributed by atoms with Gasteiger partial charge in [-0.05, 0) is 19.8 Å². The first-order valence-electron chi connectivity index (χ1n) is 6.03. The second-order valence-electron chi connectivity index (χ2n) is 4.39. The summed E-state index contributed by atoms with van der Waals surface area (Å²) >= 11 is 0. The van der Waals surface area contributed by atoms with Crippen LogP contribution in [0.4, 0.5) is 11.8 Å². The SMILES string of the molecule is CNc1ncc(C(C)=O)c(NC2CCCC2)n1. The molecule has 2 rings (SSSR count). The highest BCUT2D eigenvalue weighted by Crippen LogP contribution is 2.23. The third-order valence-electron chi connectivity index (χ3n) is 3.09. The Hall–Kier alpha value is -1.65. The van der Waals surface area contributed by atoms with Crippen LogP contribution in [0.15, 0.2) is 6.20 Å². The number of rotatable bonds is 4. The van der Waals surface area contributed by atoms with Gasteiger partial charge in [-0.25, -0.2) is 4.98 Å². The summed E-state index contributed by atoms with van der Waals surface area (Å²) in [7, 11) is 1.77. The lowest BCUT2D eigenvalue weighted by Gasteiger charge is -2.15. The molecule has 0 atom stereocenters. The van der Waals surface area contributed by atoms with Gasteiger partial charge in [0.15, 0.2) is 5.78 Å². The minimum atomic E-state index is -0.00634. The van der Waals surface area contributed by atoms with E-state index in [-0.39, 0.29) is 5.78 Å². The van der Waals surface area contributed by atoms with E-state index in [2.05, 4.69) is 20.6 Å². The first-order chi connectivity index (χ1) is 8.20. The van der Waals surface area contributed by atoms with Gasteiger partial charge in [0.25, 0.3) is 0 Å². The number of carbonyl (C=O) groups excluding carboxylic acids is 1. The van der Waals surface area contributed by atoms with E-state index in [1.165, 1.54) is 19.8 Å². The van der Waals surface area contributed by atoms with Crippen LogP contribution in [0.3, 0.4) is 0 Å². The van der Waals surface area contributed by atoms with Crippen molar-refractivity contribution in [2.75, 3.05) is 17.7 Å². The van der Waals surface area contributed by atoms with Crippen molar-refractivity contribution in [3.63, 3.8) is 0 Å². The summed E-state index contributed by atoms with van der Waals surface area (Å²) in [5.41, 5.74) is 0.566. The monoisotopic (exact) mass is 234 g/mol. The number of hydrogen-bond acceptors (Lipinski definition) is 5. The lowest BCUT2D eigenvalue weighted by atomic mass is 10.2. The summed E-state index contributed by atoms with van der Waals surface area (Å²) in [4.78, 5) is 19.9. The predicted octanol–water partition coefficient (Wildman–Crippen LogP) is 2.08. The molecule has 1 heterocycles. The van der Waals surface area contributed by atoms with E-state index in [0.717, 1.165) is 12.8 Å². The molecule has 5 nitrogen and oxygen atoms in total. The van der Waals surface area contributed by atoms with E-state index in [0.29, 0.717) is 23.4 Å². The van der Waals surface area contributed by atoms with Crippen molar-refractivity contribution in [1.29, 1.82) is 0 Å². The zero-order chi connectivity index (χ0) is 12.3. The van der Waals surface area contributed by atoms with Gasteiger partial charge in [-0.2, -0.15) is 4.98 Å². The molecule has 0 aliphatic heterocycles. The molecule has 5 heteroatoms. The summed E-state index contributed by atoms with van der Waals surface area (Å²) in [5.74, 6) is 1.19. The molecule has 1 aromatic rings. The minimum absolute atomic E-state index is 0.00634. The Labute approximate surface area is 101 Å². The average molecular weight is 234 g/mol. The number of anilines is 2. The van der Waals surface area contributed by atoms with Gasteiger partial charge < -0.3 is 10.6 Å². The molecule has 1 aromatic heterocycles. The summed E-state index contributed by atoms with van der Waals surface area (Å²) in [6, 6.07) is 0.438. The summed E-state index contributed by atoms with van der Waals surface area (Å²) < 4.78 is 0. The Morgan fingerprint density at radius 2 is 2.12 bits per heavy atom. The van der Waals surface area contributed by atoms with E-state index in [1.54, 1.807) is 13.2 Å². The molecule has 0 saturated heterocycles. The largest absolute Gasteiger partial charge is 0.367 e. The Kier molecular flexibility index (Phi) is 3.56. The Morgan fingerprint density at radius 3 is 2.71 bits per heavy atom. The molecule has 0 spiro atoms. The molecule has 17 heavy (non-hydrogen) atoms. The van der Waals surface area contributed by atoms with Crippen LogP contribution < -0.4 is 10.6 Å². The molecule has 0 radical (unpaired) electrons. The summed E-state index contributed by atoms with van der Waals surface area (Å²) in [6.45, 7) is 1.54. The standard InChI is InChI=1S/C12H18N4O/c1-8(17)10-7-14-12(13-2)16-11(10)15-9-5-3-4-6-9/h7,9H,3-6H2,1-2H3,(H2,13,14,15,16). The topological polar surface area (TPSA) is 66.9 Å². The van der Waals surface area contributed by atoms with Gasteiger partial charge in [0.1, 0.15) is 5.82 Å². The van der Waals surface area contributed by atoms with Crippen molar-refractivity contribution in [3.05, 3.63) is 11.8 Å². The van der Waals surface area contributed by atoms with Crippen LogP contribution in [0.2, 0.25) is 0 Å². The van der Waals surface area contributed by atoms with Crippen molar-refractivity contribution in [2.24, 2.45) is 0 Å². The van der Waals surface area contributed by atoms with Crippen molar-refractivity contribution in [1.82, 2.24) is 9.97 Å². The highest BCUT2D eigenvalue weighted by molar-refractivity contribution is 5.98. The van der Waals surface area contributed by atoms with E-state index in [4.69, 9.17) is 0 Å². The second kappa shape index (κ2) is 5.12. The molecule has 0 amide bonds. The second-order valence-corrected chi connectivity index (χ2v) is 4.39. The molecule has 0 aromatic carbocycles. The van der Waals surface area contributed by atoms with Crippen LogP contribution in [-0.4, -0.2) is 28.8 Å². The highest BCUT2D eigenvalue weighted by Gasteiger charge is 2.18. The third-order valence-corrected chi connectivity index (χ3v) is 3.09. The van der Waals surface area contributed by atoms with Crippen LogP contribution in [0.25, 0.3) is 0 Å². The fourth-order valence-corrected chi connectivity index (χ4v) is 2.13. The number of aromatic nitrogens is 2. The normalized spacial score (nSPS) is 15.9. The molecule has 1 aliphatic carbocycles. The number of Topliss-reactive ketones (excluding diaryl/α,β-unsaturated/α-hetero) is 1. The van der Waals surface area contributed by atoms with Gasteiger partial charge in [0.05, 0.1) is 5.56 Å². The molecule has 1 fully saturated rings. The van der Waals surface area contributed by atoms with Crippen LogP contribution in [0.1, 0.15) is 43.0 Å². The maximum atomic E-state index is 11.5. The first kappa shape index (κ1) is 11.8. The molecule has 92 valence electrons. The van der Waals surface area contributed by atoms with Crippen LogP contribution in [-0.2, 0) is 0 Å². The average Bonchev–Trinajstić information content (AvgIpc) is 2.81. The maximum absolute atomic E-state index is 11.5. The van der Waals surface area contributed by atoms with E-state index < -0.39 is 0 Å². The van der Waals surface area contributed by atoms with Crippen LogP contribution in [0, 0.1) is 0 Å². The molecule has 1 saturated carbocycles. The van der Waals surface area contributed by atoms with Gasteiger partial charge in [0, 0.05) is 19.3 Å². The molecular weight excluding hydrogens is 216 g/mol. The number of hydrogen-bond donors (Lipinski definition) is 2. The molecule has 2 N–H and O–H groups in total. The number of nitrogens with zero attached hydrogens (tertiary/aromatic N) is 2. The smallest absolute Gasteiger partial charge is 0.224 e. The number of carbonyl (C=O) groups is 1. The molecule has 1 aliphatic rings. The van der Waals surface area contributed by atoms with E-state index in [9.17, 15) is 4.79 Å². The quantitative estimate of drug-likeness (QED) is 0.781. The first-order valence-corrected chi connectivity index (χ1v) is 6.03. The zero-order valence-corrected chi connectivity index (χ0v) is 10.3. The number of ketones is 1. The Balaban J connectivity index is 2.24. The lowest BCUT2D eigenvalue weighted by molar-refractivity contribution is 0.101. The zero-order valence-electron chi connectivity index (χ0n) is 10.3. The maximum Gasteiger partial charge on any atom is 0.224 e. The van der Waals surface area contributed by atoms with Gasteiger partial charge in [0.2, 0.25) is 5.95 Å².